The van der Waals surface area contributed by atoms with Crippen LogP contribution in [0, 0.1) is 18.3 Å². The molecule has 6 heterocycles. The lowest BCUT2D eigenvalue weighted by Crippen LogP contribution is -2.81. The van der Waals surface area contributed by atoms with E-state index in [1.807, 2.05) is 7.05 Å². The van der Waals surface area contributed by atoms with Gasteiger partial charge in [0.25, 0.3) is 5.91 Å². The molecular weight excluding hydrogens is 691 g/mol. The molecule has 10 heteroatoms. The number of aliphatic hydroxyl groups is 4. The fourth-order valence-electron chi connectivity index (χ4n) is 13.5. The van der Waals surface area contributed by atoms with Crippen LogP contribution in [0.2, 0.25) is 0 Å². The minimum atomic E-state index is -2.12. The van der Waals surface area contributed by atoms with Crippen molar-refractivity contribution in [2.24, 2.45) is 11.3 Å². The Hall–Kier alpha value is -3.25. The largest absolute Gasteiger partial charge is 0.396 e. The molecule has 1 amide bonds. The van der Waals surface area contributed by atoms with Crippen molar-refractivity contribution in [1.82, 2.24) is 20.1 Å². The van der Waals surface area contributed by atoms with E-state index in [9.17, 15) is 25.2 Å². The molecule has 5 unspecified atom stereocenters. The number of likely N-dealkylation sites (N-methyl/N-ethyl adjacent to an activating group) is 1. The van der Waals surface area contributed by atoms with Gasteiger partial charge in [0, 0.05) is 90.9 Å². The average molecular weight is 752 g/mol. The van der Waals surface area contributed by atoms with Crippen LogP contribution in [0.15, 0.2) is 48.6 Å². The molecular formula is C45H61N5O5. The molecule has 296 valence electrons. The summed E-state index contributed by atoms with van der Waals surface area (Å²) >= 11 is 0. The van der Waals surface area contributed by atoms with Crippen molar-refractivity contribution in [1.29, 1.82) is 0 Å². The number of H-pyrrole nitrogens is 1. The zero-order valence-electron chi connectivity index (χ0n) is 33.4. The zero-order chi connectivity index (χ0) is 38.7. The summed E-state index contributed by atoms with van der Waals surface area (Å²) in [4.78, 5) is 25.6. The first kappa shape index (κ1) is 37.3. The molecule has 1 aliphatic carbocycles. The first-order valence-corrected chi connectivity index (χ1v) is 21.0. The third-order valence-corrected chi connectivity index (χ3v) is 15.7. The fraction of sp³-hybridized carbons (Fsp3) is 0.622. The molecule has 3 aromatic rings. The molecule has 2 saturated heterocycles. The highest BCUT2D eigenvalue weighted by Crippen LogP contribution is 2.67. The number of nitrogens with zero attached hydrogens (tertiary/aromatic N) is 3. The molecule has 1 saturated carbocycles. The van der Waals surface area contributed by atoms with Crippen molar-refractivity contribution in [3.8, 4) is 0 Å². The number of nitrogens with one attached hydrogen (secondary N) is 2. The van der Waals surface area contributed by atoms with Gasteiger partial charge in [-0.3, -0.25) is 14.6 Å². The van der Waals surface area contributed by atoms with Gasteiger partial charge in [-0.1, -0.05) is 50.3 Å². The Morgan fingerprint density at radius 2 is 1.85 bits per heavy atom. The molecule has 55 heavy (non-hydrogen) atoms. The minimum absolute atomic E-state index is 0.0752. The maximum absolute atomic E-state index is 14.5. The number of hydrogen-bond acceptors (Lipinski definition) is 8. The molecule has 10 nitrogen and oxygen atoms in total. The van der Waals surface area contributed by atoms with Crippen LogP contribution in [-0.4, -0.2) is 123 Å². The van der Waals surface area contributed by atoms with Crippen LogP contribution >= 0.6 is 0 Å². The fourth-order valence-corrected chi connectivity index (χ4v) is 13.5. The summed E-state index contributed by atoms with van der Waals surface area (Å²) in [6, 6.07) is 12.6. The third kappa shape index (κ3) is 4.97. The summed E-state index contributed by atoms with van der Waals surface area (Å²) in [7, 11) is 2.00. The van der Waals surface area contributed by atoms with Crippen LogP contribution in [0.4, 0.5) is 5.69 Å². The van der Waals surface area contributed by atoms with Gasteiger partial charge in [-0.25, -0.2) is 0 Å². The van der Waals surface area contributed by atoms with Gasteiger partial charge in [0.05, 0.1) is 11.6 Å². The van der Waals surface area contributed by atoms with Crippen LogP contribution in [0.25, 0.3) is 10.9 Å². The summed E-state index contributed by atoms with van der Waals surface area (Å²) in [5.74, 6) is -0.299. The lowest BCUT2D eigenvalue weighted by atomic mass is 9.47. The molecule has 1 spiro atoms. The molecule has 9 rings (SSSR count). The number of carbonyl (C=O) groups excluding carboxylic acids is 1. The van der Waals surface area contributed by atoms with Crippen LogP contribution in [-0.2, 0) is 22.0 Å². The van der Waals surface area contributed by atoms with E-state index < -0.39 is 45.5 Å². The van der Waals surface area contributed by atoms with Gasteiger partial charge in [0.15, 0.2) is 5.60 Å². The van der Waals surface area contributed by atoms with Gasteiger partial charge in [0.1, 0.15) is 6.10 Å². The topological polar surface area (TPSA) is 136 Å². The van der Waals surface area contributed by atoms with Crippen molar-refractivity contribution < 1.29 is 25.2 Å². The standard InChI is InChI=1S/C45H61N5O5/c1-6-42(54)25-29-24-41(4,36-31(14-19-49(26-29)27-42)30-12-8-9-13-34(30)47-36)32-23-33-35(22-28(32)3)48(5)38-44(33)16-20-50-18-10-15-43(7-2,37(44)50)39(52)45(38,55)40(53)46-17-11-21-51/h8-10,12-13,15,22-23,29,37-39,47,51-52,54-55H,6-7,11,14,16-21,24-27H2,1-5H3,(H,46,53)/t29?,37?,38?,39-,41-,42?,43-,44-,45+/m1/s1. The van der Waals surface area contributed by atoms with Gasteiger partial charge in [-0.15, -0.1) is 0 Å². The lowest BCUT2D eigenvalue weighted by Gasteiger charge is -2.63. The van der Waals surface area contributed by atoms with Gasteiger partial charge in [0.2, 0.25) is 0 Å². The molecule has 10 atom stereocenters. The third-order valence-electron chi connectivity index (χ3n) is 15.7. The Morgan fingerprint density at radius 1 is 1.05 bits per heavy atom. The predicted molar refractivity (Wildman–Crippen MR) is 215 cm³/mol. The number of para-hydroxylation sites is 1. The van der Waals surface area contributed by atoms with Crippen molar-refractivity contribution in [3.63, 3.8) is 0 Å². The van der Waals surface area contributed by atoms with Crippen LogP contribution in [0.5, 0.6) is 0 Å². The highest BCUT2D eigenvalue weighted by Gasteiger charge is 2.78. The highest BCUT2D eigenvalue weighted by atomic mass is 16.4. The second-order valence-electron chi connectivity index (χ2n) is 18.5. The highest BCUT2D eigenvalue weighted by molar-refractivity contribution is 5.90. The monoisotopic (exact) mass is 751 g/mol. The number of carbonyl (C=O) groups is 1. The Labute approximate surface area is 325 Å². The maximum atomic E-state index is 14.5. The van der Waals surface area contributed by atoms with Gasteiger partial charge < -0.3 is 35.6 Å². The quantitative estimate of drug-likeness (QED) is 0.158. The number of fused-ring (bicyclic) bond motifs is 6. The number of amides is 1. The summed E-state index contributed by atoms with van der Waals surface area (Å²) in [6.45, 7) is 13.1. The minimum Gasteiger partial charge on any atom is -0.396 e. The van der Waals surface area contributed by atoms with E-state index in [0.717, 1.165) is 80.6 Å². The van der Waals surface area contributed by atoms with Gasteiger partial charge in [-0.05, 0) is 106 Å². The first-order chi connectivity index (χ1) is 26.3. The van der Waals surface area contributed by atoms with E-state index in [0.29, 0.717) is 19.4 Å². The number of anilines is 1. The van der Waals surface area contributed by atoms with Crippen molar-refractivity contribution >= 4 is 22.5 Å². The predicted octanol–water partition coefficient (Wildman–Crippen LogP) is 3.89. The van der Waals surface area contributed by atoms with E-state index >= 15 is 0 Å². The van der Waals surface area contributed by atoms with E-state index in [4.69, 9.17) is 0 Å². The zero-order valence-corrected chi connectivity index (χ0v) is 33.4. The van der Waals surface area contributed by atoms with Crippen LogP contribution < -0.4 is 10.2 Å². The number of rotatable bonds is 7. The van der Waals surface area contributed by atoms with Gasteiger partial charge in [-0.2, -0.15) is 0 Å². The molecule has 6 N–H and O–H groups in total. The van der Waals surface area contributed by atoms with E-state index in [2.05, 4.69) is 101 Å². The molecule has 5 aliphatic heterocycles. The van der Waals surface area contributed by atoms with E-state index in [1.54, 1.807) is 0 Å². The molecule has 1 aromatic heterocycles. The van der Waals surface area contributed by atoms with Crippen molar-refractivity contribution in [2.45, 2.75) is 113 Å². The molecule has 6 aliphatic rings. The number of hydrogen-bond donors (Lipinski definition) is 6. The Bertz CT molecular complexity index is 2050. The summed E-state index contributed by atoms with van der Waals surface area (Å²) in [5, 5.41) is 51.3. The Balaban J connectivity index is 1.27. The van der Waals surface area contributed by atoms with E-state index in [-0.39, 0.29) is 25.1 Å². The van der Waals surface area contributed by atoms with Crippen LogP contribution in [0.1, 0.15) is 87.2 Å². The summed E-state index contributed by atoms with van der Waals surface area (Å²) in [6.07, 6.45) is 7.82. The number of benzene rings is 2. The first-order valence-electron chi connectivity index (χ1n) is 21.0. The molecule has 2 bridgehead atoms. The number of aliphatic hydroxyl groups excluding tert-OH is 2. The van der Waals surface area contributed by atoms with Crippen molar-refractivity contribution in [2.75, 3.05) is 57.8 Å². The smallest absolute Gasteiger partial charge is 0.256 e. The number of piperidine rings is 1. The Kier molecular flexibility index (Phi) is 8.74. The molecule has 2 aromatic carbocycles. The SMILES string of the molecule is CCC1(O)CC2CN(CCc3c([nH]c4ccccc34)[C@@](C)(c3cc4c(cc3C)N(C)C3[C@]45CCN4CC=C[C@](CC)(C45)[C@@H](O)[C@]3(O)C(=O)NCCCO)C2)C1. The second-order valence-corrected chi connectivity index (χ2v) is 18.5. The van der Waals surface area contributed by atoms with Crippen LogP contribution in [0.3, 0.4) is 0 Å². The Morgan fingerprint density at radius 3 is 2.62 bits per heavy atom. The summed E-state index contributed by atoms with van der Waals surface area (Å²) in [5.41, 5.74) is 3.52. The van der Waals surface area contributed by atoms with E-state index in [1.165, 1.54) is 22.2 Å². The number of aromatic nitrogens is 1. The van der Waals surface area contributed by atoms with Crippen molar-refractivity contribution in [3.05, 3.63) is 76.5 Å². The average Bonchev–Trinajstić information content (AvgIpc) is 3.83. The summed E-state index contributed by atoms with van der Waals surface area (Å²) < 4.78 is 0. The number of aromatic amines is 1. The second kappa shape index (κ2) is 12.9. The van der Waals surface area contributed by atoms with Gasteiger partial charge >= 0.3 is 0 Å². The molecule has 0 radical (unpaired) electrons. The lowest BCUT2D eigenvalue weighted by molar-refractivity contribution is -0.203. The maximum Gasteiger partial charge on any atom is 0.256 e. The normalized spacial score (nSPS) is 39.1. The number of aryl methyl sites for hydroxylation is 1. The molecule has 3 fully saturated rings.